The molecule has 0 saturated carbocycles. The monoisotopic (exact) mass is 374 g/mol. The second-order valence-electron chi connectivity index (χ2n) is 6.46. The van der Waals surface area contributed by atoms with E-state index >= 15 is 0 Å². The van der Waals surface area contributed by atoms with Crippen molar-refractivity contribution in [2.45, 2.75) is 26.2 Å². The summed E-state index contributed by atoms with van der Waals surface area (Å²) in [6, 6.07) is 18.1. The summed E-state index contributed by atoms with van der Waals surface area (Å²) in [5.41, 5.74) is 1.40. The van der Waals surface area contributed by atoms with E-state index in [1.54, 1.807) is 24.3 Å². The summed E-state index contributed by atoms with van der Waals surface area (Å²) in [6.45, 7) is 1.98. The first kappa shape index (κ1) is 19.3. The second-order valence-corrected chi connectivity index (χ2v) is 6.46. The number of allylic oxidation sites excluding steroid dienone is 2. The number of unbranched alkanes of at least 4 members (excludes halogenated alkanes) is 1. The van der Waals surface area contributed by atoms with Crippen molar-refractivity contribution < 1.29 is 14.7 Å². The minimum Gasteiger partial charge on any atom is -0.505 e. The van der Waals surface area contributed by atoms with Crippen molar-refractivity contribution in [1.82, 2.24) is 0 Å². The van der Waals surface area contributed by atoms with E-state index in [2.05, 4.69) is 10.3 Å². The molecule has 142 valence electrons. The van der Waals surface area contributed by atoms with Crippen LogP contribution in [0, 0.1) is 0 Å². The average Bonchev–Trinajstić information content (AvgIpc) is 2.71. The van der Waals surface area contributed by atoms with E-state index in [-0.39, 0.29) is 34.9 Å². The zero-order valence-corrected chi connectivity index (χ0v) is 15.7. The van der Waals surface area contributed by atoms with Crippen LogP contribution in [0.25, 0.3) is 0 Å². The van der Waals surface area contributed by atoms with Crippen molar-refractivity contribution in [2.24, 2.45) is 4.99 Å². The quantitative estimate of drug-likeness (QED) is 0.675. The van der Waals surface area contributed by atoms with Crippen molar-refractivity contribution in [3.8, 4) is 0 Å². The Bertz CT molecular complexity index is 958. The van der Waals surface area contributed by atoms with Gasteiger partial charge in [-0.3, -0.25) is 9.59 Å². The number of nitrogens with zero attached hydrogens (tertiary/aromatic N) is 1. The Morgan fingerprint density at radius 2 is 1.68 bits per heavy atom. The summed E-state index contributed by atoms with van der Waals surface area (Å²) < 4.78 is 0. The van der Waals surface area contributed by atoms with Gasteiger partial charge in [0.2, 0.25) is 5.78 Å². The summed E-state index contributed by atoms with van der Waals surface area (Å²) in [5, 5.41) is 13.8. The van der Waals surface area contributed by atoms with Crippen molar-refractivity contribution in [2.75, 3.05) is 5.32 Å². The molecule has 0 fully saturated rings. The number of anilines is 1. The van der Waals surface area contributed by atoms with Crippen LogP contribution in [-0.4, -0.2) is 22.4 Å². The van der Waals surface area contributed by atoms with Crippen LogP contribution in [0.2, 0.25) is 0 Å². The third-order valence-corrected chi connectivity index (χ3v) is 4.32. The Morgan fingerprint density at radius 1 is 1.04 bits per heavy atom. The smallest absolute Gasteiger partial charge is 0.207 e. The van der Waals surface area contributed by atoms with Gasteiger partial charge in [-0.05, 0) is 30.7 Å². The molecule has 0 radical (unpaired) electrons. The second kappa shape index (κ2) is 8.95. The molecule has 0 heterocycles. The van der Waals surface area contributed by atoms with Gasteiger partial charge in [0.05, 0.1) is 17.0 Å². The first-order chi connectivity index (χ1) is 13.6. The maximum Gasteiger partial charge on any atom is 0.207 e. The highest BCUT2D eigenvalue weighted by Crippen LogP contribution is 2.26. The first-order valence-corrected chi connectivity index (χ1v) is 9.29. The molecule has 0 saturated heterocycles. The number of hydrogen-bond acceptors (Lipinski definition) is 5. The van der Waals surface area contributed by atoms with Gasteiger partial charge in [0.1, 0.15) is 5.71 Å². The Hall–Kier alpha value is -3.47. The van der Waals surface area contributed by atoms with Crippen molar-refractivity contribution in [3.05, 3.63) is 83.8 Å². The van der Waals surface area contributed by atoms with Gasteiger partial charge in [-0.2, -0.15) is 0 Å². The number of Topliss-reactive ketones (excluding diaryl/α,β-unsaturated/α-hetero) is 1. The molecular weight excluding hydrogens is 352 g/mol. The molecule has 3 rings (SSSR count). The summed E-state index contributed by atoms with van der Waals surface area (Å²) in [5.74, 6) is -0.956. The van der Waals surface area contributed by atoms with Gasteiger partial charge >= 0.3 is 0 Å². The minimum absolute atomic E-state index is 0.0246. The highest BCUT2D eigenvalue weighted by atomic mass is 16.3. The van der Waals surface area contributed by atoms with Crippen molar-refractivity contribution in [3.63, 3.8) is 0 Å². The maximum absolute atomic E-state index is 12.8. The third-order valence-electron chi connectivity index (χ3n) is 4.32. The van der Waals surface area contributed by atoms with Crippen LogP contribution in [0.1, 0.15) is 26.2 Å². The molecule has 0 spiro atoms. The number of benzene rings is 2. The predicted molar refractivity (Wildman–Crippen MR) is 111 cm³/mol. The molecular formula is C23H22N2O3. The summed E-state index contributed by atoms with van der Waals surface area (Å²) in [6.07, 6.45) is 3.04. The van der Waals surface area contributed by atoms with E-state index in [4.69, 9.17) is 0 Å². The third kappa shape index (κ3) is 4.43. The number of para-hydroxylation sites is 2. The van der Waals surface area contributed by atoms with E-state index in [9.17, 15) is 14.7 Å². The Morgan fingerprint density at radius 3 is 2.32 bits per heavy atom. The van der Waals surface area contributed by atoms with E-state index < -0.39 is 5.78 Å². The van der Waals surface area contributed by atoms with Gasteiger partial charge in [0.25, 0.3) is 0 Å². The molecule has 0 bridgehead atoms. The zero-order chi connectivity index (χ0) is 19.9. The number of aliphatic imine (C=N–C) groups is 1. The minimum atomic E-state index is -0.417. The molecule has 2 aromatic carbocycles. The number of aliphatic hydroxyl groups is 1. The Labute approximate surface area is 164 Å². The SMILES string of the molecule is CCCCC(=O)C1=C(O)C(Nc2ccccc2)=CC(=O)C1=Nc1ccccc1. The largest absolute Gasteiger partial charge is 0.505 e. The number of ketones is 2. The standard InChI is InChI=1S/C23H22N2O3/c1-2-3-14-19(26)21-22(25-17-12-8-5-9-13-17)20(27)15-18(23(21)28)24-16-10-6-4-7-11-16/h4-13,15,24,28H,2-3,14H2,1H3. The molecule has 0 aromatic heterocycles. The fourth-order valence-electron chi connectivity index (χ4n) is 2.88. The van der Waals surface area contributed by atoms with E-state index in [0.29, 0.717) is 17.8 Å². The fraction of sp³-hybridized carbons (Fsp3) is 0.174. The van der Waals surface area contributed by atoms with Gasteiger partial charge in [0.15, 0.2) is 11.5 Å². The molecule has 0 amide bonds. The topological polar surface area (TPSA) is 78.8 Å². The van der Waals surface area contributed by atoms with Crippen LogP contribution in [0.4, 0.5) is 11.4 Å². The van der Waals surface area contributed by atoms with Crippen LogP contribution in [0.5, 0.6) is 0 Å². The summed E-state index contributed by atoms with van der Waals surface area (Å²) >= 11 is 0. The Balaban J connectivity index is 2.03. The predicted octanol–water partition coefficient (Wildman–Crippen LogP) is 4.91. The van der Waals surface area contributed by atoms with Gasteiger partial charge in [-0.15, -0.1) is 0 Å². The lowest BCUT2D eigenvalue weighted by atomic mass is 9.91. The van der Waals surface area contributed by atoms with Gasteiger partial charge < -0.3 is 10.4 Å². The number of carbonyl (C=O) groups excluding carboxylic acids is 2. The normalized spacial score (nSPS) is 15.5. The molecule has 5 nitrogen and oxygen atoms in total. The van der Waals surface area contributed by atoms with Crippen LogP contribution in [0.15, 0.2) is 88.8 Å². The zero-order valence-electron chi connectivity index (χ0n) is 15.7. The van der Waals surface area contributed by atoms with E-state index in [1.807, 2.05) is 43.3 Å². The molecule has 1 aliphatic rings. The van der Waals surface area contributed by atoms with Crippen LogP contribution >= 0.6 is 0 Å². The van der Waals surface area contributed by atoms with E-state index in [1.165, 1.54) is 6.08 Å². The molecule has 0 unspecified atom stereocenters. The lowest BCUT2D eigenvalue weighted by Crippen LogP contribution is -2.28. The van der Waals surface area contributed by atoms with Crippen LogP contribution < -0.4 is 5.32 Å². The number of rotatable bonds is 7. The number of nitrogens with one attached hydrogen (secondary N) is 1. The average molecular weight is 374 g/mol. The van der Waals surface area contributed by atoms with Gasteiger partial charge in [0, 0.05) is 18.2 Å². The molecule has 0 aliphatic heterocycles. The number of carbonyl (C=O) groups is 2. The highest BCUT2D eigenvalue weighted by molar-refractivity contribution is 6.56. The van der Waals surface area contributed by atoms with Crippen molar-refractivity contribution in [1.29, 1.82) is 0 Å². The molecule has 5 heteroatoms. The molecule has 2 aromatic rings. The first-order valence-electron chi connectivity index (χ1n) is 9.29. The summed E-state index contributed by atoms with van der Waals surface area (Å²) in [4.78, 5) is 30.0. The Kier molecular flexibility index (Phi) is 6.17. The molecule has 1 aliphatic carbocycles. The number of aliphatic hydroxyl groups excluding tert-OH is 1. The molecule has 28 heavy (non-hydrogen) atoms. The van der Waals surface area contributed by atoms with Crippen molar-refractivity contribution >= 4 is 28.7 Å². The molecule has 2 N–H and O–H groups in total. The van der Waals surface area contributed by atoms with Gasteiger partial charge in [-0.1, -0.05) is 49.7 Å². The fourth-order valence-corrected chi connectivity index (χ4v) is 2.88. The summed E-state index contributed by atoms with van der Waals surface area (Å²) in [7, 11) is 0. The lowest BCUT2D eigenvalue weighted by molar-refractivity contribution is -0.116. The molecule has 0 atom stereocenters. The maximum atomic E-state index is 12.8. The highest BCUT2D eigenvalue weighted by Gasteiger charge is 2.31. The van der Waals surface area contributed by atoms with E-state index in [0.717, 1.165) is 6.42 Å². The van der Waals surface area contributed by atoms with Crippen LogP contribution in [0.3, 0.4) is 0 Å². The number of hydrogen-bond donors (Lipinski definition) is 2. The lowest BCUT2D eigenvalue weighted by Gasteiger charge is -2.19. The van der Waals surface area contributed by atoms with Gasteiger partial charge in [-0.25, -0.2) is 4.99 Å². The van der Waals surface area contributed by atoms with Crippen LogP contribution in [-0.2, 0) is 9.59 Å².